The second kappa shape index (κ2) is 6.61. The quantitative estimate of drug-likeness (QED) is 0.158. The van der Waals surface area contributed by atoms with Gasteiger partial charge in [-0.3, -0.25) is 29.1 Å². The van der Waals surface area contributed by atoms with Gasteiger partial charge >= 0.3 is 0 Å². The number of H-pyrrole nitrogens is 2. The molecule has 0 radical (unpaired) electrons. The summed E-state index contributed by atoms with van der Waals surface area (Å²) in [7, 11) is 0. The predicted molar refractivity (Wildman–Crippen MR) is 181 cm³/mol. The van der Waals surface area contributed by atoms with Gasteiger partial charge in [0.25, 0.3) is 22.2 Å². The minimum Gasteiger partial charge on any atom is -0.288 e. The monoisotopic (exact) mass is 586 g/mol. The normalized spacial score (nSPS) is 13.1. The van der Waals surface area contributed by atoms with Crippen molar-refractivity contribution < 1.29 is 0 Å². The number of nitrogens with zero attached hydrogens (tertiary/aromatic N) is 2. The van der Waals surface area contributed by atoms with Gasteiger partial charge in [0.1, 0.15) is 12.1 Å². The summed E-state index contributed by atoms with van der Waals surface area (Å²) in [4.78, 5) is 58.2. The van der Waals surface area contributed by atoms with Gasteiger partial charge in [0, 0.05) is 53.9 Å². The van der Waals surface area contributed by atoms with Gasteiger partial charge < -0.3 is 0 Å². The van der Waals surface area contributed by atoms with Crippen molar-refractivity contribution in [2.24, 2.45) is 0 Å². The standard InChI is InChI=1S/C38H10N4O4/c39-9-19-11-1-5-15-25-21(11)33-22-12(19)2-6-17-27(22)28-18(32-31(17)37(45)42-38(32)46)8-4-14-20(10-40)13-3-7-16(26(25)23(13)34(33)24(14)28)30-29(15)35(43)41-36(30)44/h1-8H,(H,41,43,44)(H,42,45,46). The zero-order valence-corrected chi connectivity index (χ0v) is 23.1. The third kappa shape index (κ3) is 1.96. The van der Waals surface area contributed by atoms with Gasteiger partial charge in [-0.2, -0.15) is 10.5 Å². The van der Waals surface area contributed by atoms with E-state index < -0.39 is 22.2 Å². The lowest BCUT2D eigenvalue weighted by Gasteiger charge is -2.26. The van der Waals surface area contributed by atoms with Crippen molar-refractivity contribution in [2.45, 2.75) is 0 Å². The van der Waals surface area contributed by atoms with Crippen LogP contribution >= 0.6 is 0 Å². The molecular weight excluding hydrogens is 576 g/mol. The maximum absolute atomic E-state index is 13.3. The number of rotatable bonds is 0. The number of hydrogen-bond acceptors (Lipinski definition) is 6. The summed E-state index contributed by atoms with van der Waals surface area (Å²) in [5, 5.41) is 35.8. The van der Waals surface area contributed by atoms with Gasteiger partial charge in [-0.25, -0.2) is 0 Å². The van der Waals surface area contributed by atoms with E-state index in [9.17, 15) is 29.7 Å². The van der Waals surface area contributed by atoms with Crippen LogP contribution in [0.15, 0.2) is 67.7 Å². The molecule has 0 spiro atoms. The van der Waals surface area contributed by atoms with Crippen LogP contribution in [-0.2, 0) is 0 Å². The highest BCUT2D eigenvalue weighted by Crippen LogP contribution is 2.57. The Morgan fingerprint density at radius 2 is 0.543 bits per heavy atom. The fraction of sp³-hybridized carbons (Fsp3) is 0. The van der Waals surface area contributed by atoms with Crippen molar-refractivity contribution in [1.29, 1.82) is 10.5 Å². The molecule has 12 rings (SSSR count). The van der Waals surface area contributed by atoms with E-state index in [2.05, 4.69) is 22.1 Å². The van der Waals surface area contributed by atoms with E-state index in [1.807, 2.05) is 48.5 Å². The van der Waals surface area contributed by atoms with Crippen LogP contribution in [-0.4, -0.2) is 9.97 Å². The molecule has 0 aliphatic rings. The summed E-state index contributed by atoms with van der Waals surface area (Å²) in [5.41, 5.74) is -0.974. The first kappa shape index (κ1) is 22.6. The van der Waals surface area contributed by atoms with E-state index in [-0.39, 0.29) is 0 Å². The lowest BCUT2D eigenvalue weighted by Crippen LogP contribution is -2.05. The highest BCUT2D eigenvalue weighted by atomic mass is 16.2. The number of nitrogens with one attached hydrogen (secondary N) is 2. The van der Waals surface area contributed by atoms with Crippen LogP contribution in [0.2, 0.25) is 0 Å². The summed E-state index contributed by atoms with van der Waals surface area (Å²) in [6.45, 7) is 0. The Bertz CT molecular complexity index is 3280. The zero-order valence-electron chi connectivity index (χ0n) is 23.1. The van der Waals surface area contributed by atoms with Crippen molar-refractivity contribution in [1.82, 2.24) is 9.97 Å². The molecule has 0 fully saturated rings. The fourth-order valence-electron chi connectivity index (χ4n) is 9.37. The molecule has 0 amide bonds. The van der Waals surface area contributed by atoms with Crippen LogP contribution < -0.4 is 22.2 Å². The summed E-state index contributed by atoms with van der Waals surface area (Å²) >= 11 is 0. The summed E-state index contributed by atoms with van der Waals surface area (Å²) < 4.78 is 0. The summed E-state index contributed by atoms with van der Waals surface area (Å²) in [6, 6.07) is 19.6. The maximum Gasteiger partial charge on any atom is 0.259 e. The van der Waals surface area contributed by atoms with Crippen molar-refractivity contribution in [3.63, 3.8) is 0 Å². The molecule has 8 heteroatoms. The molecule has 12 aromatic rings. The Kier molecular flexibility index (Phi) is 3.25. The Hall–Kier alpha value is -6.90. The molecule has 0 atom stereocenters. The number of benzene rings is 10. The highest BCUT2D eigenvalue weighted by molar-refractivity contribution is 6.57. The first-order chi connectivity index (χ1) is 22.4. The Morgan fingerprint density at radius 1 is 0.326 bits per heavy atom. The molecular formula is C38H10N4O4. The minimum absolute atomic E-state index is 0.300. The average molecular weight is 587 g/mol. The minimum atomic E-state index is -0.473. The van der Waals surface area contributed by atoms with Crippen LogP contribution in [0.25, 0.3) is 118 Å². The molecule has 0 aliphatic heterocycles. The lowest BCUT2D eigenvalue weighted by atomic mass is 9.74. The first-order valence-electron chi connectivity index (χ1n) is 14.7. The summed E-state index contributed by atoms with van der Waals surface area (Å²) in [5.74, 6) is 0. The smallest absolute Gasteiger partial charge is 0.259 e. The largest absolute Gasteiger partial charge is 0.288 e. The van der Waals surface area contributed by atoms with E-state index in [0.717, 1.165) is 53.9 Å². The van der Waals surface area contributed by atoms with Crippen LogP contribution in [0.3, 0.4) is 0 Å². The van der Waals surface area contributed by atoms with Crippen LogP contribution in [0.5, 0.6) is 0 Å². The number of hydrogen-bond donors (Lipinski definition) is 2. The molecule has 8 nitrogen and oxygen atoms in total. The van der Waals surface area contributed by atoms with Gasteiger partial charge in [-0.15, -0.1) is 0 Å². The van der Waals surface area contributed by atoms with Gasteiger partial charge in [0.2, 0.25) is 0 Å². The molecule has 2 heterocycles. The zero-order chi connectivity index (χ0) is 30.7. The van der Waals surface area contributed by atoms with Gasteiger partial charge in [0.05, 0.1) is 32.7 Å². The molecule has 0 saturated carbocycles. The van der Waals surface area contributed by atoms with Crippen LogP contribution in [0.1, 0.15) is 11.1 Å². The Labute approximate surface area is 251 Å². The molecule has 46 heavy (non-hydrogen) atoms. The number of aromatic amines is 2. The van der Waals surface area contributed by atoms with Crippen LogP contribution in [0, 0.1) is 22.7 Å². The maximum atomic E-state index is 13.3. The molecule has 2 N–H and O–H groups in total. The third-order valence-electron chi connectivity index (χ3n) is 10.8. The number of fused-ring (bicyclic) bond motifs is 6. The van der Waals surface area contributed by atoms with Crippen molar-refractivity contribution >= 4 is 118 Å². The first-order valence-corrected chi connectivity index (χ1v) is 14.7. The molecule has 0 aliphatic carbocycles. The van der Waals surface area contributed by atoms with Gasteiger partial charge in [-0.1, -0.05) is 48.5 Å². The Morgan fingerprint density at radius 3 is 0.783 bits per heavy atom. The van der Waals surface area contributed by atoms with E-state index in [1.165, 1.54) is 0 Å². The molecule has 206 valence electrons. The van der Waals surface area contributed by atoms with Crippen LogP contribution in [0.4, 0.5) is 0 Å². The SMILES string of the molecule is N#Cc1c2ccc3c4c(=O)[nH]c(=O)c4c4ccc5c(C#N)c6ccc7c8c(=O)[nH]c(=O)c8c8ccc1c1c8c7c6c6c5c4c3c2c16. The van der Waals surface area contributed by atoms with E-state index in [4.69, 9.17) is 0 Å². The predicted octanol–water partition coefficient (Wildman–Crippen LogP) is 6.28. The molecule has 0 unspecified atom stereocenters. The molecule has 10 aromatic carbocycles. The van der Waals surface area contributed by atoms with Gasteiger partial charge in [0.15, 0.2) is 0 Å². The average Bonchev–Trinajstić information content (AvgIpc) is 3.54. The molecule has 0 saturated heterocycles. The lowest BCUT2D eigenvalue weighted by molar-refractivity contribution is 1.26. The van der Waals surface area contributed by atoms with Gasteiger partial charge in [-0.05, 0) is 43.1 Å². The van der Waals surface area contributed by atoms with E-state index in [1.54, 1.807) is 0 Å². The second-order valence-electron chi connectivity index (χ2n) is 12.4. The third-order valence-corrected chi connectivity index (χ3v) is 10.8. The fourth-order valence-corrected chi connectivity index (χ4v) is 9.37. The van der Waals surface area contributed by atoms with Crippen molar-refractivity contribution in [3.8, 4) is 12.1 Å². The Balaban J connectivity index is 1.64. The number of aromatic nitrogens is 2. The van der Waals surface area contributed by atoms with E-state index in [0.29, 0.717) is 75.8 Å². The second-order valence-corrected chi connectivity index (χ2v) is 12.4. The molecule has 2 aromatic heterocycles. The highest BCUT2D eigenvalue weighted by Gasteiger charge is 2.32. The summed E-state index contributed by atoms with van der Waals surface area (Å²) in [6.07, 6.45) is 0. The van der Waals surface area contributed by atoms with Crippen molar-refractivity contribution in [3.05, 3.63) is 101 Å². The number of nitriles is 2. The van der Waals surface area contributed by atoms with Crippen molar-refractivity contribution in [2.75, 3.05) is 0 Å². The topological polar surface area (TPSA) is 147 Å². The van der Waals surface area contributed by atoms with E-state index >= 15 is 0 Å². The molecule has 0 bridgehead atoms.